The zero-order chi connectivity index (χ0) is 25.4. The smallest absolute Gasteiger partial charge is 0.416 e. The quantitative estimate of drug-likeness (QED) is 0.499. The molecule has 188 valence electrons. The van der Waals surface area contributed by atoms with E-state index in [9.17, 15) is 22.8 Å². The fraction of sp³-hybridized carbons (Fsp3) is 0.320. The summed E-state index contributed by atoms with van der Waals surface area (Å²) < 4.78 is 45.3. The van der Waals surface area contributed by atoms with Gasteiger partial charge in [-0.05, 0) is 31.2 Å². The van der Waals surface area contributed by atoms with E-state index in [0.717, 1.165) is 34.8 Å². The van der Waals surface area contributed by atoms with Crippen LogP contribution >= 0.6 is 23.1 Å². The lowest BCUT2D eigenvalue weighted by atomic mass is 10.0. The average molecular weight is 534 g/mol. The molecular formula is C25H22F3N3O3S2. The predicted molar refractivity (Wildman–Crippen MR) is 133 cm³/mol. The number of aromatic nitrogens is 1. The number of carbonyl (C=O) groups is 2. The number of amides is 2. The molecule has 6 nitrogen and oxygen atoms in total. The number of nitrogens with one attached hydrogen (secondary N) is 1. The SMILES string of the molecule is Cc1nc(-c2cccc(C(F)(F)F)c2)c(C(=O)N2CCSC2CNC(=O)c2cccc3c2CCO3)s1. The summed E-state index contributed by atoms with van der Waals surface area (Å²) in [7, 11) is 0. The minimum Gasteiger partial charge on any atom is -0.493 e. The van der Waals surface area contributed by atoms with E-state index >= 15 is 0 Å². The number of ether oxygens (including phenoxy) is 1. The number of nitrogens with zero attached hydrogens (tertiary/aromatic N) is 2. The van der Waals surface area contributed by atoms with Crippen molar-refractivity contribution < 1.29 is 27.5 Å². The number of aryl methyl sites for hydroxylation is 1. The van der Waals surface area contributed by atoms with Crippen molar-refractivity contribution in [1.82, 2.24) is 15.2 Å². The van der Waals surface area contributed by atoms with Gasteiger partial charge < -0.3 is 15.0 Å². The van der Waals surface area contributed by atoms with Gasteiger partial charge in [0.1, 0.15) is 10.6 Å². The fourth-order valence-electron chi connectivity index (χ4n) is 4.37. The van der Waals surface area contributed by atoms with Crippen molar-refractivity contribution in [2.75, 3.05) is 25.4 Å². The van der Waals surface area contributed by atoms with Crippen LogP contribution in [0, 0.1) is 6.92 Å². The summed E-state index contributed by atoms with van der Waals surface area (Å²) in [4.78, 5) is 32.8. The first-order valence-electron chi connectivity index (χ1n) is 11.3. The van der Waals surface area contributed by atoms with Crippen molar-refractivity contribution in [3.8, 4) is 17.0 Å². The van der Waals surface area contributed by atoms with Crippen LogP contribution in [-0.4, -0.2) is 52.5 Å². The summed E-state index contributed by atoms with van der Waals surface area (Å²) in [6.45, 7) is 2.98. The normalized spacial score (nSPS) is 17.1. The summed E-state index contributed by atoms with van der Waals surface area (Å²) in [5.74, 6) is 0.886. The van der Waals surface area contributed by atoms with Gasteiger partial charge in [-0.2, -0.15) is 13.2 Å². The molecule has 0 saturated carbocycles. The molecular weight excluding hydrogens is 511 g/mol. The number of hydrogen-bond donors (Lipinski definition) is 1. The molecule has 3 heterocycles. The Balaban J connectivity index is 1.34. The molecule has 1 N–H and O–H groups in total. The molecule has 0 bridgehead atoms. The lowest BCUT2D eigenvalue weighted by Crippen LogP contribution is -2.42. The summed E-state index contributed by atoms with van der Waals surface area (Å²) >= 11 is 2.71. The largest absolute Gasteiger partial charge is 0.493 e. The number of thioether (sulfide) groups is 1. The van der Waals surface area contributed by atoms with Crippen LogP contribution < -0.4 is 10.1 Å². The standard InChI is InChI=1S/C25H22F3N3O3S2/c1-14-30-21(15-4-2-5-16(12-15)25(26,27)28)22(36-14)24(33)31-9-11-35-20(31)13-29-23(32)18-6-3-7-19-17(18)8-10-34-19/h2-7,12,20H,8-11,13H2,1H3,(H,29,32). The monoisotopic (exact) mass is 533 g/mol. The number of halogens is 3. The highest BCUT2D eigenvalue weighted by atomic mass is 32.2. The van der Waals surface area contributed by atoms with Gasteiger partial charge in [0.15, 0.2) is 0 Å². The first kappa shape index (κ1) is 24.6. The third kappa shape index (κ3) is 4.81. The van der Waals surface area contributed by atoms with Crippen LogP contribution in [0.3, 0.4) is 0 Å². The molecule has 5 rings (SSSR count). The number of benzene rings is 2. The third-order valence-corrected chi connectivity index (χ3v) is 8.25. The number of alkyl halides is 3. The second kappa shape index (κ2) is 9.78. The summed E-state index contributed by atoms with van der Waals surface area (Å²) in [5.41, 5.74) is 1.14. The van der Waals surface area contributed by atoms with Crippen LogP contribution in [0.1, 0.15) is 36.2 Å². The average Bonchev–Trinajstić information content (AvgIpc) is 3.60. The van der Waals surface area contributed by atoms with Gasteiger partial charge in [-0.3, -0.25) is 9.59 Å². The summed E-state index contributed by atoms with van der Waals surface area (Å²) in [6.07, 6.45) is -3.82. The van der Waals surface area contributed by atoms with Crippen molar-refractivity contribution in [1.29, 1.82) is 0 Å². The molecule has 2 aliphatic rings. The lowest BCUT2D eigenvalue weighted by molar-refractivity contribution is -0.137. The molecule has 2 amide bonds. The van der Waals surface area contributed by atoms with E-state index in [1.54, 1.807) is 35.7 Å². The van der Waals surface area contributed by atoms with E-state index < -0.39 is 11.7 Å². The molecule has 0 radical (unpaired) electrons. The van der Waals surface area contributed by atoms with Crippen LogP contribution in [0.25, 0.3) is 11.3 Å². The van der Waals surface area contributed by atoms with Gasteiger partial charge in [0, 0.05) is 42.0 Å². The zero-order valence-corrected chi connectivity index (χ0v) is 20.9. The maximum absolute atomic E-state index is 13.5. The Morgan fingerprint density at radius 3 is 2.83 bits per heavy atom. The van der Waals surface area contributed by atoms with Crippen molar-refractivity contribution >= 4 is 34.9 Å². The number of hydrogen-bond acceptors (Lipinski definition) is 6. The highest BCUT2D eigenvalue weighted by molar-refractivity contribution is 8.00. The van der Waals surface area contributed by atoms with Crippen molar-refractivity contribution in [2.45, 2.75) is 24.9 Å². The maximum Gasteiger partial charge on any atom is 0.416 e. The molecule has 1 fully saturated rings. The zero-order valence-electron chi connectivity index (χ0n) is 19.2. The molecule has 2 aromatic carbocycles. The van der Waals surface area contributed by atoms with E-state index in [-0.39, 0.29) is 35.0 Å². The van der Waals surface area contributed by atoms with E-state index in [4.69, 9.17) is 4.74 Å². The van der Waals surface area contributed by atoms with E-state index in [1.165, 1.54) is 12.1 Å². The van der Waals surface area contributed by atoms with E-state index in [0.29, 0.717) is 40.8 Å². The Labute approximate surface area is 213 Å². The van der Waals surface area contributed by atoms with Crippen LogP contribution in [-0.2, 0) is 12.6 Å². The Kier molecular flexibility index (Phi) is 6.69. The number of thiazole rings is 1. The molecule has 1 saturated heterocycles. The van der Waals surface area contributed by atoms with Gasteiger partial charge in [-0.25, -0.2) is 4.98 Å². The van der Waals surface area contributed by atoms with Gasteiger partial charge in [0.2, 0.25) is 0 Å². The van der Waals surface area contributed by atoms with Gasteiger partial charge in [-0.15, -0.1) is 23.1 Å². The van der Waals surface area contributed by atoms with Crippen LogP contribution in [0.2, 0.25) is 0 Å². The predicted octanol–water partition coefficient (Wildman–Crippen LogP) is 5.02. The maximum atomic E-state index is 13.5. The minimum atomic E-state index is -4.49. The lowest BCUT2D eigenvalue weighted by Gasteiger charge is -2.24. The highest BCUT2D eigenvalue weighted by Crippen LogP contribution is 2.36. The first-order valence-corrected chi connectivity index (χ1v) is 13.2. The molecule has 11 heteroatoms. The summed E-state index contributed by atoms with van der Waals surface area (Å²) in [5, 5.41) is 3.22. The highest BCUT2D eigenvalue weighted by Gasteiger charge is 2.35. The van der Waals surface area contributed by atoms with Crippen LogP contribution in [0.5, 0.6) is 5.75 Å². The molecule has 1 atom stereocenters. The third-order valence-electron chi connectivity index (χ3n) is 6.07. The number of rotatable bonds is 5. The van der Waals surface area contributed by atoms with Gasteiger partial charge in [0.25, 0.3) is 11.8 Å². The molecule has 3 aromatic rings. The van der Waals surface area contributed by atoms with E-state index in [2.05, 4.69) is 10.3 Å². The molecule has 1 aromatic heterocycles. The van der Waals surface area contributed by atoms with Crippen LogP contribution in [0.4, 0.5) is 13.2 Å². The fourth-order valence-corrected chi connectivity index (χ4v) is 6.43. The Hall–Kier alpha value is -3.05. The Bertz CT molecular complexity index is 1330. The molecule has 0 spiro atoms. The summed E-state index contributed by atoms with van der Waals surface area (Å²) in [6, 6.07) is 10.2. The number of fused-ring (bicyclic) bond motifs is 1. The van der Waals surface area contributed by atoms with Crippen LogP contribution in [0.15, 0.2) is 42.5 Å². The second-order valence-electron chi connectivity index (χ2n) is 8.40. The van der Waals surface area contributed by atoms with Gasteiger partial charge in [0.05, 0.1) is 28.2 Å². The molecule has 2 aliphatic heterocycles. The van der Waals surface area contributed by atoms with Crippen molar-refractivity contribution in [3.63, 3.8) is 0 Å². The Morgan fingerprint density at radius 1 is 1.22 bits per heavy atom. The first-order chi connectivity index (χ1) is 17.2. The molecule has 36 heavy (non-hydrogen) atoms. The second-order valence-corrected chi connectivity index (χ2v) is 10.9. The van der Waals surface area contributed by atoms with Gasteiger partial charge in [-0.1, -0.05) is 18.2 Å². The minimum absolute atomic E-state index is 0.226. The molecule has 1 unspecified atom stereocenters. The Morgan fingerprint density at radius 2 is 2.03 bits per heavy atom. The van der Waals surface area contributed by atoms with Gasteiger partial charge >= 0.3 is 6.18 Å². The molecule has 0 aliphatic carbocycles. The van der Waals surface area contributed by atoms with Crippen molar-refractivity contribution in [2.24, 2.45) is 0 Å². The number of carbonyl (C=O) groups excluding carboxylic acids is 2. The van der Waals surface area contributed by atoms with Crippen molar-refractivity contribution in [3.05, 3.63) is 69.0 Å². The van der Waals surface area contributed by atoms with E-state index in [1.807, 2.05) is 6.07 Å². The topological polar surface area (TPSA) is 71.5 Å².